The number of carbonyl (C=O) groups excluding carboxylic acids is 1. The monoisotopic (exact) mass is 548 g/mol. The van der Waals surface area contributed by atoms with Crippen LogP contribution in [0.2, 0.25) is 0 Å². The lowest BCUT2D eigenvalue weighted by molar-refractivity contribution is -0.125. The summed E-state index contributed by atoms with van der Waals surface area (Å²) in [5.74, 6) is 0.329. The summed E-state index contributed by atoms with van der Waals surface area (Å²) in [6, 6.07) is 9.72. The molecule has 0 unspecified atom stereocenters. The van der Waals surface area contributed by atoms with Crippen LogP contribution in [0.3, 0.4) is 0 Å². The van der Waals surface area contributed by atoms with Gasteiger partial charge in [0.2, 0.25) is 21.8 Å². The first-order valence-electron chi connectivity index (χ1n) is 13.0. The lowest BCUT2D eigenvalue weighted by Gasteiger charge is -2.37. The molecule has 5 rings (SSSR count). The molecule has 204 valence electrons. The van der Waals surface area contributed by atoms with E-state index in [1.165, 1.54) is 0 Å². The third-order valence-electron chi connectivity index (χ3n) is 7.62. The number of benzene rings is 1. The number of carbonyl (C=O) groups is 1. The number of fused-ring (bicyclic) bond motifs is 4. The molecule has 0 atom stereocenters. The van der Waals surface area contributed by atoms with Gasteiger partial charge in [-0.15, -0.1) is 0 Å². The van der Waals surface area contributed by atoms with Crippen molar-refractivity contribution >= 4 is 38.2 Å². The summed E-state index contributed by atoms with van der Waals surface area (Å²) in [5.41, 5.74) is 4.03. The van der Waals surface area contributed by atoms with E-state index in [4.69, 9.17) is 10.00 Å². The Bertz CT molecular complexity index is 1580. The number of nitrogens with one attached hydrogen (secondary N) is 1. The smallest absolute Gasteiger partial charge is 0.238 e. The standard InChI is InChI=1S/C28H32N6O4S/c1-33(12-5-11-29)13-6-14-38-26-23(32-39(3,36)37)16-20(17-31-26)19-7-8-22-21(15-19)25-24(18-30-22)34(2)27(35)28(25)9-4-10-28/h7-8,15-18,32H,4-6,9-10,12-14H2,1-3H3. The Kier molecular flexibility index (Phi) is 7.18. The molecule has 1 saturated carbocycles. The van der Waals surface area contributed by atoms with E-state index >= 15 is 0 Å². The molecule has 3 heterocycles. The first-order chi connectivity index (χ1) is 18.6. The molecule has 0 radical (unpaired) electrons. The summed E-state index contributed by atoms with van der Waals surface area (Å²) in [6.45, 7) is 1.77. The van der Waals surface area contributed by atoms with Gasteiger partial charge in [0.25, 0.3) is 0 Å². The maximum absolute atomic E-state index is 13.2. The molecule has 1 amide bonds. The van der Waals surface area contributed by atoms with Crippen LogP contribution in [0, 0.1) is 11.3 Å². The molecule has 1 fully saturated rings. The quantitative estimate of drug-likeness (QED) is 0.380. The van der Waals surface area contributed by atoms with Gasteiger partial charge >= 0.3 is 0 Å². The number of nitriles is 1. The van der Waals surface area contributed by atoms with Gasteiger partial charge in [0.05, 0.1) is 41.7 Å². The van der Waals surface area contributed by atoms with Crippen LogP contribution in [0.5, 0.6) is 5.88 Å². The van der Waals surface area contributed by atoms with E-state index in [0.29, 0.717) is 31.6 Å². The first kappa shape index (κ1) is 26.8. The molecular weight excluding hydrogens is 516 g/mol. The number of hydrogen-bond acceptors (Lipinski definition) is 8. The lowest BCUT2D eigenvalue weighted by atomic mass is 9.64. The predicted molar refractivity (Wildman–Crippen MR) is 150 cm³/mol. The molecule has 2 aromatic heterocycles. The van der Waals surface area contributed by atoms with Crippen molar-refractivity contribution < 1.29 is 17.9 Å². The van der Waals surface area contributed by atoms with Gasteiger partial charge in [0.15, 0.2) is 0 Å². The summed E-state index contributed by atoms with van der Waals surface area (Å²) < 4.78 is 32.6. The minimum Gasteiger partial charge on any atom is -0.476 e. The van der Waals surface area contributed by atoms with Gasteiger partial charge in [-0.1, -0.05) is 12.5 Å². The average molecular weight is 549 g/mol. The Balaban J connectivity index is 1.45. The molecule has 3 aromatic rings. The van der Waals surface area contributed by atoms with Gasteiger partial charge in [0, 0.05) is 49.3 Å². The van der Waals surface area contributed by atoms with E-state index in [9.17, 15) is 13.2 Å². The highest BCUT2D eigenvalue weighted by Crippen LogP contribution is 2.55. The Hall–Kier alpha value is -3.75. The van der Waals surface area contributed by atoms with E-state index < -0.39 is 15.4 Å². The molecule has 11 heteroatoms. The highest BCUT2D eigenvalue weighted by Gasteiger charge is 2.54. The maximum Gasteiger partial charge on any atom is 0.238 e. The molecule has 1 aliphatic carbocycles. The molecule has 1 aliphatic heterocycles. The van der Waals surface area contributed by atoms with Crippen molar-refractivity contribution in [2.45, 2.75) is 37.5 Å². The van der Waals surface area contributed by atoms with E-state index in [1.807, 2.05) is 37.2 Å². The number of aromatic nitrogens is 2. The van der Waals surface area contributed by atoms with Crippen molar-refractivity contribution in [3.05, 3.63) is 42.2 Å². The number of nitrogens with zero attached hydrogens (tertiary/aromatic N) is 5. The number of pyridine rings is 2. The normalized spacial score (nSPS) is 15.9. The van der Waals surface area contributed by atoms with Crippen molar-refractivity contribution in [1.29, 1.82) is 5.26 Å². The molecule has 0 bridgehead atoms. The Morgan fingerprint density at radius 2 is 1.97 bits per heavy atom. The summed E-state index contributed by atoms with van der Waals surface area (Å²) in [6.07, 6.45) is 8.37. The van der Waals surface area contributed by atoms with Crippen LogP contribution >= 0.6 is 0 Å². The minimum absolute atomic E-state index is 0.127. The van der Waals surface area contributed by atoms with Crippen molar-refractivity contribution in [2.24, 2.45) is 0 Å². The van der Waals surface area contributed by atoms with E-state index in [-0.39, 0.29) is 17.5 Å². The van der Waals surface area contributed by atoms with Crippen molar-refractivity contribution in [3.8, 4) is 23.1 Å². The number of sulfonamides is 1. The fraction of sp³-hybridized carbons (Fsp3) is 0.429. The topological polar surface area (TPSA) is 129 Å². The molecule has 39 heavy (non-hydrogen) atoms. The van der Waals surface area contributed by atoms with Crippen LogP contribution in [0.4, 0.5) is 11.4 Å². The Morgan fingerprint density at radius 1 is 1.18 bits per heavy atom. The number of ether oxygens (including phenoxy) is 1. The van der Waals surface area contributed by atoms with Gasteiger partial charge in [-0.3, -0.25) is 14.5 Å². The lowest BCUT2D eigenvalue weighted by Crippen LogP contribution is -2.43. The average Bonchev–Trinajstić information content (AvgIpc) is 3.12. The fourth-order valence-electron chi connectivity index (χ4n) is 5.50. The highest BCUT2D eigenvalue weighted by atomic mass is 32.2. The van der Waals surface area contributed by atoms with Crippen LogP contribution in [0.1, 0.15) is 37.7 Å². The summed E-state index contributed by atoms with van der Waals surface area (Å²) >= 11 is 0. The van der Waals surface area contributed by atoms with Crippen LogP contribution < -0.4 is 14.4 Å². The molecule has 2 aliphatic rings. The van der Waals surface area contributed by atoms with Crippen molar-refractivity contribution in [1.82, 2.24) is 14.9 Å². The van der Waals surface area contributed by atoms with Gasteiger partial charge in [0.1, 0.15) is 5.69 Å². The first-order valence-corrected chi connectivity index (χ1v) is 14.9. The molecule has 10 nitrogen and oxygen atoms in total. The van der Waals surface area contributed by atoms with Crippen LogP contribution in [0.15, 0.2) is 36.7 Å². The van der Waals surface area contributed by atoms with Gasteiger partial charge in [-0.25, -0.2) is 13.4 Å². The SMILES string of the molecule is CN(CCC#N)CCCOc1ncc(-c2ccc3ncc4c(c3c2)C2(CCC2)C(=O)N4C)cc1NS(C)(=O)=O. The largest absolute Gasteiger partial charge is 0.476 e. The third-order valence-corrected chi connectivity index (χ3v) is 8.21. The molecule has 1 N–H and O–H groups in total. The van der Waals surface area contributed by atoms with E-state index in [1.54, 1.807) is 23.4 Å². The van der Waals surface area contributed by atoms with Gasteiger partial charge < -0.3 is 14.5 Å². The zero-order chi connectivity index (χ0) is 27.8. The highest BCUT2D eigenvalue weighted by molar-refractivity contribution is 7.92. The maximum atomic E-state index is 13.2. The van der Waals surface area contributed by atoms with Crippen molar-refractivity contribution in [2.75, 3.05) is 49.7 Å². The second-order valence-electron chi connectivity index (χ2n) is 10.4. The molecule has 1 aromatic carbocycles. The number of anilines is 2. The van der Waals surface area contributed by atoms with Crippen LogP contribution in [-0.2, 0) is 20.2 Å². The second-order valence-corrected chi connectivity index (χ2v) is 12.2. The van der Waals surface area contributed by atoms with Crippen LogP contribution in [-0.4, -0.2) is 69.2 Å². The molecular formula is C28H32N6O4S. The Morgan fingerprint density at radius 3 is 2.67 bits per heavy atom. The summed E-state index contributed by atoms with van der Waals surface area (Å²) in [7, 11) is 0.167. The number of amides is 1. The van der Waals surface area contributed by atoms with Gasteiger partial charge in [-0.2, -0.15) is 5.26 Å². The third kappa shape index (κ3) is 5.14. The zero-order valence-corrected chi connectivity index (χ0v) is 23.2. The zero-order valence-electron chi connectivity index (χ0n) is 22.4. The minimum atomic E-state index is -3.58. The van der Waals surface area contributed by atoms with E-state index in [0.717, 1.165) is 59.8 Å². The van der Waals surface area contributed by atoms with Gasteiger partial charge in [-0.05, 0) is 50.1 Å². The summed E-state index contributed by atoms with van der Waals surface area (Å²) in [4.78, 5) is 26.0. The predicted octanol–water partition coefficient (Wildman–Crippen LogP) is 3.68. The number of likely N-dealkylation sites (N-methyl/N-ethyl adjacent to an activating group) is 1. The molecule has 1 spiro atoms. The second kappa shape index (κ2) is 10.4. The fourth-order valence-corrected chi connectivity index (χ4v) is 6.05. The van der Waals surface area contributed by atoms with E-state index in [2.05, 4.69) is 20.8 Å². The van der Waals surface area contributed by atoms with Crippen LogP contribution in [0.25, 0.3) is 22.0 Å². The Labute approximate surface area is 228 Å². The number of hydrogen-bond donors (Lipinski definition) is 1. The van der Waals surface area contributed by atoms with Crippen molar-refractivity contribution in [3.63, 3.8) is 0 Å². The molecule has 0 saturated heterocycles. The summed E-state index contributed by atoms with van der Waals surface area (Å²) in [5, 5.41) is 9.66. The number of rotatable bonds is 10.